The van der Waals surface area contributed by atoms with Crippen LogP contribution in [0.2, 0.25) is 6.04 Å². The zero-order chi connectivity index (χ0) is 12.7. The zero-order valence-corrected chi connectivity index (χ0v) is 11.9. The van der Waals surface area contributed by atoms with Crippen LogP contribution in [0, 0.1) is 5.92 Å². The number of ether oxygens (including phenoxy) is 3. The molecular weight excluding hydrogens is 240 g/mol. The maximum absolute atomic E-state index is 11.2. The van der Waals surface area contributed by atoms with Crippen molar-refractivity contribution in [3.05, 3.63) is 0 Å². The molecular formula is C11H20O5Si. The smallest absolute Gasteiger partial charge is 0.317 e. The van der Waals surface area contributed by atoms with E-state index in [-0.39, 0.29) is 24.2 Å². The van der Waals surface area contributed by atoms with Gasteiger partial charge in [-0.05, 0) is 20.3 Å². The van der Waals surface area contributed by atoms with Crippen LogP contribution >= 0.6 is 0 Å². The molecule has 0 spiro atoms. The zero-order valence-electron chi connectivity index (χ0n) is 10.4. The Labute approximate surface area is 104 Å². The van der Waals surface area contributed by atoms with Crippen LogP contribution in [0.25, 0.3) is 0 Å². The van der Waals surface area contributed by atoms with Gasteiger partial charge in [-0.1, -0.05) is 6.04 Å². The van der Waals surface area contributed by atoms with E-state index >= 15 is 0 Å². The minimum Gasteiger partial charge on any atom is -0.393 e. The van der Waals surface area contributed by atoms with Gasteiger partial charge in [0.25, 0.3) is 0 Å². The Kier molecular flexibility index (Phi) is 6.39. The molecule has 0 radical (unpaired) electrons. The van der Waals surface area contributed by atoms with Crippen LogP contribution in [-0.4, -0.2) is 40.6 Å². The highest BCUT2D eigenvalue weighted by molar-refractivity contribution is 6.36. The first-order valence-corrected chi connectivity index (χ1v) is 7.96. The highest BCUT2D eigenvalue weighted by Crippen LogP contribution is 2.21. The second kappa shape index (κ2) is 7.57. The van der Waals surface area contributed by atoms with Crippen molar-refractivity contribution < 1.29 is 23.8 Å². The highest BCUT2D eigenvalue weighted by Gasteiger charge is 2.32. The topological polar surface area (TPSA) is 61.8 Å². The monoisotopic (exact) mass is 260 g/mol. The van der Waals surface area contributed by atoms with Gasteiger partial charge in [-0.25, -0.2) is 0 Å². The van der Waals surface area contributed by atoms with Crippen molar-refractivity contribution in [1.29, 1.82) is 0 Å². The molecule has 0 aromatic rings. The first-order valence-electron chi connectivity index (χ1n) is 6.15. The number of cyclic esters (lactones) is 2. The van der Waals surface area contributed by atoms with E-state index in [9.17, 15) is 9.59 Å². The van der Waals surface area contributed by atoms with Crippen LogP contribution in [0.5, 0.6) is 0 Å². The number of carbonyl (C=O) groups is 2. The third kappa shape index (κ3) is 4.97. The van der Waals surface area contributed by atoms with E-state index < -0.39 is 15.5 Å². The van der Waals surface area contributed by atoms with Crippen molar-refractivity contribution in [1.82, 2.24) is 0 Å². The molecule has 17 heavy (non-hydrogen) atoms. The van der Waals surface area contributed by atoms with E-state index in [1.807, 2.05) is 13.8 Å². The molecule has 1 heterocycles. The normalized spacial score (nSPS) is 20.8. The van der Waals surface area contributed by atoms with Crippen LogP contribution in [0.1, 0.15) is 26.7 Å². The lowest BCUT2D eigenvalue weighted by molar-refractivity contribution is -0.153. The number of carbonyl (C=O) groups excluding carboxylic acids is 2. The Balaban J connectivity index is 2.21. The average molecular weight is 260 g/mol. The van der Waals surface area contributed by atoms with Crippen LogP contribution in [0.4, 0.5) is 0 Å². The Hall–Kier alpha value is -0.723. The lowest BCUT2D eigenvalue weighted by Crippen LogP contribution is -2.25. The molecule has 1 fully saturated rings. The number of rotatable bonds is 8. The molecule has 1 unspecified atom stereocenters. The molecule has 0 N–H and O–H groups in total. The quantitative estimate of drug-likeness (QED) is 0.274. The van der Waals surface area contributed by atoms with Gasteiger partial charge in [0.15, 0.2) is 0 Å². The van der Waals surface area contributed by atoms with Crippen LogP contribution in [0.15, 0.2) is 0 Å². The van der Waals surface area contributed by atoms with Gasteiger partial charge < -0.3 is 14.2 Å². The molecule has 0 bridgehead atoms. The fraction of sp³-hybridized carbons (Fsp3) is 0.818. The average Bonchev–Trinajstić information content (AvgIpc) is 2.58. The number of hydrogen-bond acceptors (Lipinski definition) is 5. The minimum absolute atomic E-state index is 0.0712. The van der Waals surface area contributed by atoms with Gasteiger partial charge >= 0.3 is 11.9 Å². The molecule has 5 nitrogen and oxygen atoms in total. The van der Waals surface area contributed by atoms with E-state index in [1.54, 1.807) is 0 Å². The minimum atomic E-state index is -0.533. The van der Waals surface area contributed by atoms with Gasteiger partial charge in [0.1, 0.15) is 5.91 Å². The van der Waals surface area contributed by atoms with E-state index in [4.69, 9.17) is 9.47 Å². The summed E-state index contributed by atoms with van der Waals surface area (Å²) in [6.45, 7) is 5.16. The van der Waals surface area contributed by atoms with E-state index in [1.165, 1.54) is 0 Å². The third-order valence-corrected chi connectivity index (χ3v) is 4.42. The van der Waals surface area contributed by atoms with Crippen molar-refractivity contribution in [3.63, 3.8) is 0 Å². The Morgan fingerprint density at radius 2 is 2.00 bits per heavy atom. The molecule has 0 saturated carbocycles. The van der Waals surface area contributed by atoms with Crippen molar-refractivity contribution in [2.75, 3.05) is 13.2 Å². The van der Waals surface area contributed by atoms with Crippen LogP contribution < -0.4 is 0 Å². The van der Waals surface area contributed by atoms with E-state index in [0.717, 1.165) is 6.04 Å². The van der Waals surface area contributed by atoms with Gasteiger partial charge in [-0.15, -0.1) is 0 Å². The molecule has 1 saturated heterocycles. The summed E-state index contributed by atoms with van der Waals surface area (Å²) in [6.07, 6.45) is 0.953. The van der Waals surface area contributed by atoms with Crippen molar-refractivity contribution in [3.8, 4) is 0 Å². The van der Waals surface area contributed by atoms with E-state index in [2.05, 4.69) is 4.74 Å². The predicted molar refractivity (Wildman–Crippen MR) is 64.2 cm³/mol. The highest BCUT2D eigenvalue weighted by atomic mass is 28.2. The largest absolute Gasteiger partial charge is 0.393 e. The van der Waals surface area contributed by atoms with Crippen molar-refractivity contribution in [2.24, 2.45) is 5.92 Å². The molecule has 0 amide bonds. The van der Waals surface area contributed by atoms with Gasteiger partial charge in [0, 0.05) is 13.2 Å². The molecule has 0 aliphatic carbocycles. The summed E-state index contributed by atoms with van der Waals surface area (Å²) in [6, 6.07) is 0.928. The summed E-state index contributed by atoms with van der Waals surface area (Å²) in [7, 11) is -0.533. The summed E-state index contributed by atoms with van der Waals surface area (Å²) in [5, 5.41) is 0. The molecule has 1 atom stereocenters. The fourth-order valence-electron chi connectivity index (χ4n) is 1.86. The van der Waals surface area contributed by atoms with Crippen LogP contribution in [0.3, 0.4) is 0 Å². The molecule has 0 aromatic carbocycles. The third-order valence-electron chi connectivity index (χ3n) is 2.66. The number of esters is 2. The molecule has 6 heteroatoms. The first kappa shape index (κ1) is 14.3. The van der Waals surface area contributed by atoms with E-state index in [0.29, 0.717) is 19.6 Å². The predicted octanol–water partition coefficient (Wildman–Crippen LogP) is 0.410. The van der Waals surface area contributed by atoms with Gasteiger partial charge in [-0.3, -0.25) is 9.59 Å². The van der Waals surface area contributed by atoms with Gasteiger partial charge in [-0.2, -0.15) is 0 Å². The van der Waals surface area contributed by atoms with Crippen LogP contribution in [-0.2, 0) is 23.8 Å². The second-order valence-electron chi connectivity index (χ2n) is 3.97. The number of hydrogen-bond donors (Lipinski definition) is 0. The molecule has 1 rings (SSSR count). The standard InChI is InChI=1S/C11H20O5Si/c1-3-14-11(15-4-2)17-6-5-8-7-9(12)16-10(8)13/h8,11H,3-7,17H2,1-2H3. The summed E-state index contributed by atoms with van der Waals surface area (Å²) >= 11 is 0. The molecule has 0 aromatic heterocycles. The summed E-state index contributed by atoms with van der Waals surface area (Å²) in [5.74, 6) is -1.07. The summed E-state index contributed by atoms with van der Waals surface area (Å²) in [5.41, 5.74) is 0. The molecule has 1 aliphatic heterocycles. The molecule has 1 aliphatic rings. The lowest BCUT2D eigenvalue weighted by Gasteiger charge is -2.16. The molecule has 98 valence electrons. The fourth-order valence-corrected chi connectivity index (χ4v) is 3.73. The Morgan fingerprint density at radius 1 is 1.35 bits per heavy atom. The van der Waals surface area contributed by atoms with Crippen molar-refractivity contribution >= 4 is 21.5 Å². The Morgan fingerprint density at radius 3 is 2.47 bits per heavy atom. The first-order chi connectivity index (χ1) is 8.17. The van der Waals surface area contributed by atoms with Gasteiger partial charge in [0.05, 0.1) is 21.9 Å². The lowest BCUT2D eigenvalue weighted by atomic mass is 10.1. The summed E-state index contributed by atoms with van der Waals surface area (Å²) in [4.78, 5) is 22.1. The summed E-state index contributed by atoms with van der Waals surface area (Å²) < 4.78 is 15.4. The van der Waals surface area contributed by atoms with Gasteiger partial charge in [0.2, 0.25) is 0 Å². The maximum Gasteiger partial charge on any atom is 0.317 e. The maximum atomic E-state index is 11.2. The Bertz CT molecular complexity index is 263. The SMILES string of the molecule is CCOC(OCC)[SiH2]CCC1CC(=O)OC1=O. The second-order valence-corrected chi connectivity index (χ2v) is 5.92. The van der Waals surface area contributed by atoms with Crippen molar-refractivity contribution in [2.45, 2.75) is 38.6 Å².